The van der Waals surface area contributed by atoms with Crippen LogP contribution < -0.4 is 19.5 Å². The fraction of sp³-hybridized carbons (Fsp3) is 0.417. The second-order valence-corrected chi connectivity index (χ2v) is 4.62. The first-order valence-corrected chi connectivity index (χ1v) is 6.43. The number of nitrogens with zero attached hydrogens (tertiary/aromatic N) is 1. The van der Waals surface area contributed by atoms with E-state index in [-0.39, 0.29) is 0 Å². The fourth-order valence-corrected chi connectivity index (χ4v) is 1.49. The lowest BCUT2D eigenvalue weighted by Crippen LogP contribution is -2.50. The summed E-state index contributed by atoms with van der Waals surface area (Å²) in [5.74, 6) is -8.52. The summed E-state index contributed by atoms with van der Waals surface area (Å²) in [4.78, 5) is 25.0. The zero-order valence-corrected chi connectivity index (χ0v) is 11.9. The standard InChI is InChI=1S/C12H8F6N2O5/c13-11(14,15)9(21)24-7-6(23-5-3-19-4-5)1-2-20-8(7)25-10(22)12(16,17)18/h1-2,5,19H,3-4H2. The van der Waals surface area contributed by atoms with Crippen LogP contribution in [-0.4, -0.2) is 48.5 Å². The maximum absolute atomic E-state index is 12.4. The lowest BCUT2D eigenvalue weighted by atomic mass is 10.2. The number of carbonyl (C=O) groups is 2. The third kappa shape index (κ3) is 4.71. The lowest BCUT2D eigenvalue weighted by Gasteiger charge is -2.28. The first-order chi connectivity index (χ1) is 11.5. The summed E-state index contributed by atoms with van der Waals surface area (Å²) in [5, 5.41) is 2.77. The maximum Gasteiger partial charge on any atom is 0.491 e. The highest BCUT2D eigenvalue weighted by Gasteiger charge is 2.45. The Bertz CT molecular complexity index is 671. The number of ether oxygens (including phenoxy) is 3. The molecule has 0 atom stereocenters. The molecule has 1 aromatic rings. The molecule has 1 N–H and O–H groups in total. The molecule has 25 heavy (non-hydrogen) atoms. The van der Waals surface area contributed by atoms with Gasteiger partial charge in [-0.25, -0.2) is 14.6 Å². The Hall–Kier alpha value is -2.57. The molecule has 2 rings (SSSR count). The van der Waals surface area contributed by atoms with Crippen LogP contribution in [0, 0.1) is 0 Å². The summed E-state index contributed by atoms with van der Waals surface area (Å²) in [6.07, 6.45) is -10.6. The number of hydrogen-bond donors (Lipinski definition) is 1. The number of nitrogens with one attached hydrogen (secondary N) is 1. The number of carbonyl (C=O) groups excluding carboxylic acids is 2. The fourth-order valence-electron chi connectivity index (χ4n) is 1.49. The van der Waals surface area contributed by atoms with Gasteiger partial charge in [-0.1, -0.05) is 0 Å². The van der Waals surface area contributed by atoms with Crippen LogP contribution in [0.25, 0.3) is 0 Å². The lowest BCUT2D eigenvalue weighted by molar-refractivity contribution is -0.192. The van der Waals surface area contributed by atoms with E-state index in [1.165, 1.54) is 0 Å². The molecule has 1 aliphatic heterocycles. The summed E-state index contributed by atoms with van der Waals surface area (Å²) in [6, 6.07) is 0.947. The minimum Gasteiger partial charge on any atom is -0.484 e. The Labute approximate surface area is 134 Å². The van der Waals surface area contributed by atoms with Crippen LogP contribution in [-0.2, 0) is 9.59 Å². The van der Waals surface area contributed by atoms with E-state index in [1.807, 2.05) is 0 Å². The average molecular weight is 374 g/mol. The van der Waals surface area contributed by atoms with Crippen LogP contribution in [0.4, 0.5) is 26.3 Å². The van der Waals surface area contributed by atoms with Crippen LogP contribution in [0.2, 0.25) is 0 Å². The molecular weight excluding hydrogens is 366 g/mol. The molecule has 1 saturated heterocycles. The Morgan fingerprint density at radius 1 is 1.04 bits per heavy atom. The van der Waals surface area contributed by atoms with Crippen molar-refractivity contribution in [1.82, 2.24) is 10.3 Å². The number of halogens is 6. The summed E-state index contributed by atoms with van der Waals surface area (Å²) in [7, 11) is 0. The van der Waals surface area contributed by atoms with E-state index in [9.17, 15) is 35.9 Å². The van der Waals surface area contributed by atoms with Crippen molar-refractivity contribution in [2.45, 2.75) is 18.5 Å². The highest BCUT2D eigenvalue weighted by atomic mass is 19.4. The van der Waals surface area contributed by atoms with Gasteiger partial charge in [0.05, 0.1) is 0 Å². The normalized spacial score (nSPS) is 15.3. The molecule has 0 saturated carbocycles. The Balaban J connectivity index is 2.34. The molecule has 7 nitrogen and oxygen atoms in total. The maximum atomic E-state index is 12.4. The van der Waals surface area contributed by atoms with Crippen molar-refractivity contribution in [2.75, 3.05) is 13.1 Å². The zero-order chi connectivity index (χ0) is 18.8. The minimum absolute atomic E-state index is 0.298. The van der Waals surface area contributed by atoms with Gasteiger partial charge in [-0.3, -0.25) is 0 Å². The summed E-state index contributed by atoms with van der Waals surface area (Å²) in [6.45, 7) is 0.597. The Kier molecular flexibility index (Phi) is 5.06. The molecule has 0 bridgehead atoms. The number of esters is 2. The number of rotatable bonds is 4. The smallest absolute Gasteiger partial charge is 0.484 e. The van der Waals surface area contributed by atoms with Gasteiger partial charge in [-0.15, -0.1) is 0 Å². The second kappa shape index (κ2) is 6.74. The van der Waals surface area contributed by atoms with E-state index >= 15 is 0 Å². The largest absolute Gasteiger partial charge is 0.491 e. The molecule has 2 heterocycles. The van der Waals surface area contributed by atoms with E-state index in [1.54, 1.807) is 0 Å². The van der Waals surface area contributed by atoms with E-state index in [4.69, 9.17) is 4.74 Å². The Morgan fingerprint density at radius 3 is 2.08 bits per heavy atom. The van der Waals surface area contributed by atoms with Crippen molar-refractivity contribution in [3.05, 3.63) is 12.3 Å². The summed E-state index contributed by atoms with van der Waals surface area (Å²) in [5.41, 5.74) is 0. The van der Waals surface area contributed by atoms with Crippen LogP contribution in [0.5, 0.6) is 17.4 Å². The van der Waals surface area contributed by atoms with Gasteiger partial charge in [-0.05, 0) is 0 Å². The van der Waals surface area contributed by atoms with Gasteiger partial charge in [0.2, 0.25) is 5.75 Å². The predicted octanol–water partition coefficient (Wildman–Crippen LogP) is 1.37. The molecule has 0 aromatic carbocycles. The van der Waals surface area contributed by atoms with Crippen LogP contribution in [0.15, 0.2) is 12.3 Å². The molecule has 0 radical (unpaired) electrons. The quantitative estimate of drug-likeness (QED) is 0.629. The van der Waals surface area contributed by atoms with Gasteiger partial charge in [0.25, 0.3) is 5.88 Å². The third-order valence-electron chi connectivity index (χ3n) is 2.72. The van der Waals surface area contributed by atoms with Gasteiger partial charge in [0.15, 0.2) is 5.75 Å². The molecule has 1 aromatic heterocycles. The highest BCUT2D eigenvalue weighted by Crippen LogP contribution is 2.38. The van der Waals surface area contributed by atoms with Gasteiger partial charge in [0.1, 0.15) is 6.10 Å². The van der Waals surface area contributed by atoms with Crippen LogP contribution >= 0.6 is 0 Å². The Morgan fingerprint density at radius 2 is 1.60 bits per heavy atom. The van der Waals surface area contributed by atoms with Crippen molar-refractivity contribution in [3.63, 3.8) is 0 Å². The third-order valence-corrected chi connectivity index (χ3v) is 2.72. The van der Waals surface area contributed by atoms with E-state index < -0.39 is 47.8 Å². The molecule has 138 valence electrons. The summed E-state index contributed by atoms with van der Waals surface area (Å²) < 4.78 is 86.9. The average Bonchev–Trinajstić information content (AvgIpc) is 2.43. The van der Waals surface area contributed by atoms with Gasteiger partial charge in [0, 0.05) is 25.4 Å². The van der Waals surface area contributed by atoms with Gasteiger partial charge in [-0.2, -0.15) is 26.3 Å². The van der Waals surface area contributed by atoms with Gasteiger partial charge >= 0.3 is 24.3 Å². The molecule has 0 unspecified atom stereocenters. The molecule has 13 heteroatoms. The molecule has 0 spiro atoms. The first kappa shape index (κ1) is 18.8. The highest BCUT2D eigenvalue weighted by molar-refractivity contribution is 5.81. The van der Waals surface area contributed by atoms with Crippen LogP contribution in [0.3, 0.4) is 0 Å². The topological polar surface area (TPSA) is 86.8 Å². The first-order valence-electron chi connectivity index (χ1n) is 6.43. The molecular formula is C12H8F6N2O5. The molecule has 0 amide bonds. The van der Waals surface area contributed by atoms with Crippen molar-refractivity contribution in [1.29, 1.82) is 0 Å². The van der Waals surface area contributed by atoms with E-state index in [2.05, 4.69) is 19.8 Å². The molecule has 0 aliphatic carbocycles. The number of aromatic nitrogens is 1. The zero-order valence-electron chi connectivity index (χ0n) is 11.9. The van der Waals surface area contributed by atoms with Crippen molar-refractivity contribution in [2.24, 2.45) is 0 Å². The van der Waals surface area contributed by atoms with E-state index in [0.29, 0.717) is 13.1 Å². The predicted molar refractivity (Wildman–Crippen MR) is 64.9 cm³/mol. The van der Waals surface area contributed by atoms with Crippen LogP contribution in [0.1, 0.15) is 0 Å². The number of alkyl halides is 6. The minimum atomic E-state index is -5.45. The number of pyridine rings is 1. The van der Waals surface area contributed by atoms with Crippen molar-refractivity contribution >= 4 is 11.9 Å². The summed E-state index contributed by atoms with van der Waals surface area (Å²) >= 11 is 0. The van der Waals surface area contributed by atoms with Crippen molar-refractivity contribution < 1.29 is 50.1 Å². The van der Waals surface area contributed by atoms with Crippen molar-refractivity contribution in [3.8, 4) is 17.4 Å². The molecule has 1 aliphatic rings. The number of hydrogen-bond acceptors (Lipinski definition) is 7. The molecule has 1 fully saturated rings. The monoisotopic (exact) mass is 374 g/mol. The second-order valence-electron chi connectivity index (χ2n) is 4.62. The SMILES string of the molecule is O=C(Oc1nccc(OC2CNC2)c1OC(=O)C(F)(F)F)C(F)(F)F. The van der Waals surface area contributed by atoms with Gasteiger partial charge < -0.3 is 19.5 Å². The van der Waals surface area contributed by atoms with E-state index in [0.717, 1.165) is 12.3 Å².